The largest absolute Gasteiger partial charge is 0.493 e. The highest BCUT2D eigenvalue weighted by Crippen LogP contribution is 2.37. The van der Waals surface area contributed by atoms with Crippen LogP contribution in [0.1, 0.15) is 45.6 Å². The number of carbonyl (C=O) groups excluding carboxylic acids is 1. The van der Waals surface area contributed by atoms with Crippen LogP contribution in [0.4, 0.5) is 11.4 Å². The van der Waals surface area contributed by atoms with Gasteiger partial charge in [-0.1, -0.05) is 27.5 Å². The molecule has 1 aliphatic rings. The van der Waals surface area contributed by atoms with E-state index in [1.165, 1.54) is 19.3 Å². The van der Waals surface area contributed by atoms with Gasteiger partial charge in [-0.15, -0.1) is 0 Å². The van der Waals surface area contributed by atoms with E-state index in [0.29, 0.717) is 18.0 Å². The maximum absolute atomic E-state index is 12.3. The van der Waals surface area contributed by atoms with Gasteiger partial charge in [0.25, 0.3) is 5.91 Å². The number of hydrogen-bond donors (Lipinski definition) is 2. The summed E-state index contributed by atoms with van der Waals surface area (Å²) >= 11 is 10.2. The van der Waals surface area contributed by atoms with Crippen LogP contribution in [0.3, 0.4) is 0 Å². The van der Waals surface area contributed by atoms with E-state index in [0.717, 1.165) is 39.5 Å². The van der Waals surface area contributed by atoms with Crippen molar-refractivity contribution in [1.29, 1.82) is 0 Å². The Hall–Kier alpha value is -2.12. The quantitative estimate of drug-likeness (QED) is 0.431. The average molecular weight is 539 g/mol. The van der Waals surface area contributed by atoms with Crippen molar-refractivity contribution in [2.24, 2.45) is 0 Å². The second kappa shape index (κ2) is 11.3. The Bertz CT molecular complexity index is 972. The van der Waals surface area contributed by atoms with Gasteiger partial charge in [0.05, 0.1) is 17.8 Å². The van der Waals surface area contributed by atoms with Crippen LogP contribution in [-0.4, -0.2) is 38.3 Å². The van der Waals surface area contributed by atoms with Crippen molar-refractivity contribution in [2.45, 2.75) is 52.1 Å². The second-order valence-corrected chi connectivity index (χ2v) is 10.5. The molecule has 0 aliphatic carbocycles. The predicted molar refractivity (Wildman–Crippen MR) is 139 cm³/mol. The summed E-state index contributed by atoms with van der Waals surface area (Å²) in [4.78, 5) is 14.6. The molecule has 1 fully saturated rings. The normalized spacial score (nSPS) is 14.1. The van der Waals surface area contributed by atoms with Gasteiger partial charge in [0, 0.05) is 40.9 Å². The van der Waals surface area contributed by atoms with E-state index in [1.54, 1.807) is 7.11 Å². The number of benzene rings is 2. The Balaban J connectivity index is 1.73. The summed E-state index contributed by atoms with van der Waals surface area (Å²) in [6, 6.07) is 9.79. The number of amides is 1. The van der Waals surface area contributed by atoms with Gasteiger partial charge in [-0.25, -0.2) is 0 Å². The first kappa shape index (κ1) is 25.5. The lowest BCUT2D eigenvalue weighted by Crippen LogP contribution is -2.43. The predicted octanol–water partition coefficient (Wildman–Crippen LogP) is 6.01. The second-order valence-electron chi connectivity index (χ2n) is 9.21. The van der Waals surface area contributed by atoms with Crippen molar-refractivity contribution < 1.29 is 14.3 Å². The van der Waals surface area contributed by atoms with Crippen LogP contribution in [0.15, 0.2) is 34.8 Å². The van der Waals surface area contributed by atoms with E-state index in [2.05, 4.69) is 37.5 Å². The van der Waals surface area contributed by atoms with Gasteiger partial charge >= 0.3 is 0 Å². The molecule has 6 nitrogen and oxygen atoms in total. The van der Waals surface area contributed by atoms with Gasteiger partial charge in [-0.3, -0.25) is 4.79 Å². The number of rotatable bonds is 8. The molecule has 2 aromatic carbocycles. The molecule has 1 aliphatic heterocycles. The third-order valence-corrected chi connectivity index (χ3v) is 6.41. The fourth-order valence-electron chi connectivity index (χ4n) is 3.86. The molecule has 2 aromatic rings. The summed E-state index contributed by atoms with van der Waals surface area (Å²) in [5.74, 6) is 0.903. The van der Waals surface area contributed by atoms with E-state index < -0.39 is 0 Å². The van der Waals surface area contributed by atoms with Gasteiger partial charge in [0.1, 0.15) is 0 Å². The average Bonchev–Trinajstić information content (AvgIpc) is 2.76. The maximum Gasteiger partial charge on any atom is 0.258 e. The van der Waals surface area contributed by atoms with Crippen LogP contribution >= 0.6 is 27.5 Å². The van der Waals surface area contributed by atoms with E-state index in [1.807, 2.05) is 45.0 Å². The number of anilines is 2. The summed E-state index contributed by atoms with van der Waals surface area (Å²) in [5, 5.41) is 7.07. The monoisotopic (exact) mass is 537 g/mol. The molecule has 0 radical (unpaired) electrons. The lowest BCUT2D eigenvalue weighted by molar-refractivity contribution is -0.124. The number of nitrogens with one attached hydrogen (secondary N) is 2. The molecule has 1 heterocycles. The molecule has 180 valence electrons. The zero-order chi connectivity index (χ0) is 24.0. The number of halogens is 2. The molecule has 0 spiro atoms. The highest BCUT2D eigenvalue weighted by atomic mass is 79.9. The lowest BCUT2D eigenvalue weighted by atomic mass is 10.1. The molecule has 0 aromatic heterocycles. The zero-order valence-corrected chi connectivity index (χ0v) is 22.1. The van der Waals surface area contributed by atoms with Crippen molar-refractivity contribution in [3.8, 4) is 11.5 Å². The van der Waals surface area contributed by atoms with Crippen molar-refractivity contribution in [1.82, 2.24) is 5.32 Å². The van der Waals surface area contributed by atoms with E-state index in [9.17, 15) is 4.79 Å². The first-order valence-electron chi connectivity index (χ1n) is 11.3. The highest BCUT2D eigenvalue weighted by Gasteiger charge is 2.19. The molecule has 0 atom stereocenters. The minimum atomic E-state index is -0.328. The van der Waals surface area contributed by atoms with Crippen molar-refractivity contribution in [3.63, 3.8) is 0 Å². The summed E-state index contributed by atoms with van der Waals surface area (Å²) in [6.45, 7) is 8.26. The molecule has 2 N–H and O–H groups in total. The molecule has 0 saturated carbocycles. The van der Waals surface area contributed by atoms with Crippen molar-refractivity contribution in [3.05, 3.63) is 45.4 Å². The van der Waals surface area contributed by atoms with Crippen LogP contribution in [0.25, 0.3) is 0 Å². The van der Waals surface area contributed by atoms with Crippen LogP contribution < -0.4 is 25.0 Å². The Morgan fingerprint density at radius 1 is 1.15 bits per heavy atom. The topological polar surface area (TPSA) is 62.8 Å². The van der Waals surface area contributed by atoms with Gasteiger partial charge < -0.3 is 25.0 Å². The number of ether oxygens (including phenoxy) is 2. The van der Waals surface area contributed by atoms with Crippen LogP contribution in [0.2, 0.25) is 5.02 Å². The fraction of sp³-hybridized carbons (Fsp3) is 0.480. The van der Waals surface area contributed by atoms with Gasteiger partial charge in [-0.05, 0) is 70.4 Å². The summed E-state index contributed by atoms with van der Waals surface area (Å²) in [5.41, 5.74) is 2.52. The Morgan fingerprint density at radius 3 is 2.52 bits per heavy atom. The molecule has 3 rings (SSSR count). The molecule has 0 bridgehead atoms. The number of methoxy groups -OCH3 is 1. The lowest BCUT2D eigenvalue weighted by Gasteiger charge is -2.29. The number of nitrogens with zero attached hydrogens (tertiary/aromatic N) is 1. The number of hydrogen-bond acceptors (Lipinski definition) is 5. The van der Waals surface area contributed by atoms with E-state index in [-0.39, 0.29) is 18.1 Å². The zero-order valence-electron chi connectivity index (χ0n) is 19.8. The van der Waals surface area contributed by atoms with Gasteiger partial charge in [0.15, 0.2) is 18.1 Å². The molecule has 1 saturated heterocycles. The first-order chi connectivity index (χ1) is 15.7. The molecular formula is C25H33BrClN3O3. The molecular weight excluding hydrogens is 506 g/mol. The smallest absolute Gasteiger partial charge is 0.258 e. The van der Waals surface area contributed by atoms with Crippen molar-refractivity contribution >= 4 is 44.8 Å². The van der Waals surface area contributed by atoms with Crippen LogP contribution in [0, 0.1) is 0 Å². The fourth-order valence-corrected chi connectivity index (χ4v) is 4.61. The molecule has 1 amide bonds. The standard InChI is InChI=1S/C25H33BrClN3O3/c1-25(2,3)29-23(31)16-33-24-18(19(26)9-11-22(24)32-4)15-28-17-8-10-21(20(27)14-17)30-12-6-5-7-13-30/h8-11,14,28H,5-7,12-13,15-16H2,1-4H3,(H,29,31). The third-order valence-electron chi connectivity index (χ3n) is 5.36. The van der Waals surface area contributed by atoms with Crippen molar-refractivity contribution in [2.75, 3.05) is 37.0 Å². The first-order valence-corrected chi connectivity index (χ1v) is 12.4. The van der Waals surface area contributed by atoms with Crippen LogP contribution in [-0.2, 0) is 11.3 Å². The summed E-state index contributed by atoms with van der Waals surface area (Å²) in [7, 11) is 1.58. The molecule has 0 unspecified atom stereocenters. The Kier molecular flexibility index (Phi) is 8.76. The minimum Gasteiger partial charge on any atom is -0.493 e. The highest BCUT2D eigenvalue weighted by molar-refractivity contribution is 9.10. The molecule has 8 heteroatoms. The number of piperidine rings is 1. The molecule has 33 heavy (non-hydrogen) atoms. The number of carbonyl (C=O) groups is 1. The van der Waals surface area contributed by atoms with Crippen LogP contribution in [0.5, 0.6) is 11.5 Å². The maximum atomic E-state index is 12.3. The Morgan fingerprint density at radius 2 is 1.88 bits per heavy atom. The minimum absolute atomic E-state index is 0.104. The Labute approximate surface area is 210 Å². The van der Waals surface area contributed by atoms with E-state index >= 15 is 0 Å². The van der Waals surface area contributed by atoms with Gasteiger partial charge in [-0.2, -0.15) is 0 Å². The summed E-state index contributed by atoms with van der Waals surface area (Å²) < 4.78 is 12.3. The third kappa shape index (κ3) is 7.18. The van der Waals surface area contributed by atoms with Gasteiger partial charge in [0.2, 0.25) is 0 Å². The SMILES string of the molecule is COc1ccc(Br)c(CNc2ccc(N3CCCCC3)c(Cl)c2)c1OCC(=O)NC(C)(C)C. The van der Waals surface area contributed by atoms with E-state index in [4.69, 9.17) is 21.1 Å². The summed E-state index contributed by atoms with van der Waals surface area (Å²) in [6.07, 6.45) is 3.69.